The second-order valence-electron chi connectivity index (χ2n) is 11.8. The van der Waals surface area contributed by atoms with Crippen LogP contribution >= 0.6 is 11.8 Å². The van der Waals surface area contributed by atoms with Crippen molar-refractivity contribution in [3.8, 4) is 0 Å². The number of nitrogens with zero attached hydrogens (tertiary/aromatic N) is 2. The van der Waals surface area contributed by atoms with E-state index in [0.29, 0.717) is 89.1 Å². The van der Waals surface area contributed by atoms with Crippen LogP contribution in [0.3, 0.4) is 0 Å². The number of fused-ring (bicyclic) bond motifs is 1. The van der Waals surface area contributed by atoms with E-state index in [1.54, 1.807) is 0 Å². The number of carbonyl (C=O) groups is 3. The van der Waals surface area contributed by atoms with Gasteiger partial charge in [0.15, 0.2) is 0 Å². The first-order valence-electron chi connectivity index (χ1n) is 15.9. The Hall–Kier alpha value is -1.44. The normalized spacial score (nSPS) is 22.4. The summed E-state index contributed by atoms with van der Waals surface area (Å²) < 4.78 is 22.1. The zero-order valence-electron chi connectivity index (χ0n) is 25.8. The van der Waals surface area contributed by atoms with Crippen LogP contribution in [0.1, 0.15) is 58.8 Å². The lowest BCUT2D eigenvalue weighted by Gasteiger charge is -2.35. The van der Waals surface area contributed by atoms with Gasteiger partial charge in [0.25, 0.3) is 0 Å². The minimum Gasteiger partial charge on any atom is -0.379 e. The summed E-state index contributed by atoms with van der Waals surface area (Å²) >= 11 is 1.92. The number of rotatable bonds is 23. The molecule has 3 aliphatic heterocycles. The Morgan fingerprint density at radius 3 is 2.10 bits per heavy atom. The van der Waals surface area contributed by atoms with Crippen LogP contribution in [0.25, 0.3) is 0 Å². The lowest BCUT2D eigenvalue weighted by Crippen LogP contribution is -2.49. The summed E-state index contributed by atoms with van der Waals surface area (Å²) in [6.07, 6.45) is 5.31. The van der Waals surface area contributed by atoms with E-state index in [1.807, 2.05) is 16.7 Å². The average Bonchev–Trinajstić information content (AvgIpc) is 3.52. The molecule has 42 heavy (non-hydrogen) atoms. The van der Waals surface area contributed by atoms with Gasteiger partial charge in [-0.3, -0.25) is 14.5 Å². The van der Waals surface area contributed by atoms with Crippen molar-refractivity contribution in [2.75, 3.05) is 91.3 Å². The summed E-state index contributed by atoms with van der Waals surface area (Å²) in [7, 11) is 0. The third-order valence-electron chi connectivity index (χ3n) is 7.80. The highest BCUT2D eigenvalue weighted by Crippen LogP contribution is 2.33. The third-order valence-corrected chi connectivity index (χ3v) is 9.31. The van der Waals surface area contributed by atoms with Gasteiger partial charge < -0.3 is 34.5 Å². The van der Waals surface area contributed by atoms with Crippen molar-refractivity contribution < 1.29 is 33.3 Å². The number of Topliss-reactive ketones (excluding diaryl/α,β-unsaturated/α-hetero) is 1. The highest BCUT2D eigenvalue weighted by Gasteiger charge is 2.42. The molecule has 12 heteroatoms. The molecule has 0 bridgehead atoms. The summed E-state index contributed by atoms with van der Waals surface area (Å²) in [5.41, 5.74) is 0. The van der Waals surface area contributed by atoms with E-state index in [4.69, 9.17) is 18.9 Å². The smallest absolute Gasteiger partial charge is 0.315 e. The lowest BCUT2D eigenvalue weighted by atomic mass is 10.0. The number of piperazine rings is 1. The van der Waals surface area contributed by atoms with Crippen LogP contribution in [0.4, 0.5) is 4.79 Å². The van der Waals surface area contributed by atoms with Gasteiger partial charge >= 0.3 is 6.03 Å². The molecule has 11 nitrogen and oxygen atoms in total. The van der Waals surface area contributed by atoms with Gasteiger partial charge in [0.1, 0.15) is 5.78 Å². The number of hydrogen-bond acceptors (Lipinski definition) is 9. The summed E-state index contributed by atoms with van der Waals surface area (Å²) in [5.74, 6) is 2.10. The van der Waals surface area contributed by atoms with E-state index in [0.717, 1.165) is 64.2 Å². The first-order valence-corrected chi connectivity index (χ1v) is 17.0. The van der Waals surface area contributed by atoms with E-state index in [1.165, 1.54) is 0 Å². The van der Waals surface area contributed by atoms with Gasteiger partial charge in [-0.05, 0) is 25.2 Å². The summed E-state index contributed by atoms with van der Waals surface area (Å²) in [4.78, 5) is 40.3. The maximum Gasteiger partial charge on any atom is 0.315 e. The molecule has 0 saturated carbocycles. The molecule has 242 valence electrons. The SMILES string of the molecule is CC(C)CN1CCN(C(=O)CCOCCOCCOCCOCCCC(=O)CCCC[C@@H]2SCC3NC(=O)NC32)CC1. The maximum absolute atomic E-state index is 12.3. The van der Waals surface area contributed by atoms with E-state index in [9.17, 15) is 14.4 Å². The molecule has 3 rings (SSSR count). The van der Waals surface area contributed by atoms with Gasteiger partial charge in [-0.25, -0.2) is 4.79 Å². The van der Waals surface area contributed by atoms with E-state index in [-0.39, 0.29) is 24.0 Å². The molecule has 0 aromatic heterocycles. The van der Waals surface area contributed by atoms with Gasteiger partial charge in [0.2, 0.25) is 5.91 Å². The Balaban J connectivity index is 1.00. The van der Waals surface area contributed by atoms with Crippen molar-refractivity contribution in [3.05, 3.63) is 0 Å². The molecule has 3 fully saturated rings. The molecule has 3 amide bonds. The molecule has 3 heterocycles. The molecule has 0 radical (unpaired) electrons. The molecule has 3 aliphatic rings. The van der Waals surface area contributed by atoms with E-state index in [2.05, 4.69) is 29.4 Å². The lowest BCUT2D eigenvalue weighted by molar-refractivity contribution is -0.134. The third kappa shape index (κ3) is 13.9. The first-order chi connectivity index (χ1) is 20.4. The van der Waals surface area contributed by atoms with Crippen molar-refractivity contribution in [3.63, 3.8) is 0 Å². The largest absolute Gasteiger partial charge is 0.379 e. The van der Waals surface area contributed by atoms with Gasteiger partial charge in [-0.15, -0.1) is 0 Å². The van der Waals surface area contributed by atoms with Crippen LogP contribution in [0.15, 0.2) is 0 Å². The van der Waals surface area contributed by atoms with Crippen LogP contribution in [-0.4, -0.2) is 136 Å². The Labute approximate surface area is 256 Å². The Morgan fingerprint density at radius 1 is 0.810 bits per heavy atom. The highest BCUT2D eigenvalue weighted by atomic mass is 32.2. The van der Waals surface area contributed by atoms with Crippen molar-refractivity contribution in [2.24, 2.45) is 5.92 Å². The minimum atomic E-state index is -0.0473. The summed E-state index contributed by atoms with van der Waals surface area (Å²) in [5, 5.41) is 6.44. The predicted octanol–water partition coefficient (Wildman–Crippen LogP) is 2.32. The molecule has 0 spiro atoms. The summed E-state index contributed by atoms with van der Waals surface area (Å²) in [6, 6.07) is 0.458. The van der Waals surface area contributed by atoms with Gasteiger partial charge in [0.05, 0.1) is 64.8 Å². The van der Waals surface area contributed by atoms with E-state index < -0.39 is 0 Å². The summed E-state index contributed by atoms with van der Waals surface area (Å²) in [6.45, 7) is 13.0. The minimum absolute atomic E-state index is 0.0473. The molecule has 0 aliphatic carbocycles. The first kappa shape index (κ1) is 35.0. The number of ether oxygens (including phenoxy) is 4. The Morgan fingerprint density at radius 2 is 1.43 bits per heavy atom. The zero-order valence-corrected chi connectivity index (χ0v) is 26.6. The quantitative estimate of drug-likeness (QED) is 0.132. The molecular formula is C30H54N4O7S. The number of hydrogen-bond donors (Lipinski definition) is 2. The molecule has 2 N–H and O–H groups in total. The fourth-order valence-electron chi connectivity index (χ4n) is 5.58. The molecule has 0 aromatic rings. The number of nitrogens with one attached hydrogen (secondary N) is 2. The second kappa shape index (κ2) is 20.5. The van der Waals surface area contributed by atoms with Crippen LogP contribution in [-0.2, 0) is 28.5 Å². The standard InChI is InChI=1S/C30H54N4O7S/c1-24(2)22-33-10-12-34(13-11-33)28(36)9-15-39-17-19-41-21-20-40-18-16-38-14-5-7-25(35)6-3-4-8-27-29-26(23-42-27)31-30(37)32-29/h24,26-27,29H,3-23H2,1-2H3,(H2,31,32,37)/t26?,27-,29?/m0/s1. The van der Waals surface area contributed by atoms with Crippen LogP contribution in [0.2, 0.25) is 0 Å². The maximum atomic E-state index is 12.3. The molecule has 3 atom stereocenters. The van der Waals surface area contributed by atoms with Crippen LogP contribution in [0.5, 0.6) is 0 Å². The molecule has 2 unspecified atom stereocenters. The van der Waals surface area contributed by atoms with Gasteiger partial charge in [-0.2, -0.15) is 11.8 Å². The monoisotopic (exact) mass is 614 g/mol. The zero-order chi connectivity index (χ0) is 30.0. The number of ketones is 1. The van der Waals surface area contributed by atoms with Crippen molar-refractivity contribution in [1.29, 1.82) is 0 Å². The van der Waals surface area contributed by atoms with Crippen molar-refractivity contribution in [1.82, 2.24) is 20.4 Å². The van der Waals surface area contributed by atoms with Gasteiger partial charge in [0, 0.05) is 63.2 Å². The van der Waals surface area contributed by atoms with Gasteiger partial charge in [-0.1, -0.05) is 20.3 Å². The Kier molecular flexibility index (Phi) is 17.1. The van der Waals surface area contributed by atoms with Crippen molar-refractivity contribution >= 4 is 29.5 Å². The molecule has 0 aromatic carbocycles. The number of urea groups is 1. The highest BCUT2D eigenvalue weighted by molar-refractivity contribution is 8.00. The number of unbranched alkanes of at least 4 members (excludes halogenated alkanes) is 1. The fraction of sp³-hybridized carbons (Fsp3) is 0.900. The molecule has 3 saturated heterocycles. The Bertz CT molecular complexity index is 798. The fourth-order valence-corrected chi connectivity index (χ4v) is 7.13. The number of thioether (sulfide) groups is 1. The topological polar surface area (TPSA) is 119 Å². The van der Waals surface area contributed by atoms with Crippen molar-refractivity contribution in [2.45, 2.75) is 76.1 Å². The number of carbonyl (C=O) groups excluding carboxylic acids is 3. The second-order valence-corrected chi connectivity index (χ2v) is 13.1. The average molecular weight is 615 g/mol. The predicted molar refractivity (Wildman–Crippen MR) is 164 cm³/mol. The number of amides is 3. The molecular weight excluding hydrogens is 560 g/mol. The van der Waals surface area contributed by atoms with E-state index >= 15 is 0 Å². The van der Waals surface area contributed by atoms with Crippen LogP contribution < -0.4 is 10.6 Å². The van der Waals surface area contributed by atoms with Crippen LogP contribution in [0, 0.1) is 5.92 Å².